The third kappa shape index (κ3) is 5.74. The van der Waals surface area contributed by atoms with Gasteiger partial charge in [0.1, 0.15) is 5.92 Å². The quantitative estimate of drug-likeness (QED) is 0.162. The summed E-state index contributed by atoms with van der Waals surface area (Å²) in [6.45, 7) is 5.66. The minimum Gasteiger partial charge on any atom is -0.409 e. The van der Waals surface area contributed by atoms with Crippen molar-refractivity contribution in [2.75, 3.05) is 13.1 Å². The third-order valence-corrected chi connectivity index (χ3v) is 2.18. The fourth-order valence-electron chi connectivity index (χ4n) is 1.37. The Morgan fingerprint density at radius 2 is 1.82 bits per heavy atom. The summed E-state index contributed by atoms with van der Waals surface area (Å²) in [4.78, 5) is 22.3. The van der Waals surface area contributed by atoms with E-state index in [9.17, 15) is 9.59 Å². The lowest BCUT2D eigenvalue weighted by Gasteiger charge is -2.18. The van der Waals surface area contributed by atoms with E-state index >= 15 is 0 Å². The molecule has 7 heteroatoms. The van der Waals surface area contributed by atoms with E-state index in [4.69, 9.17) is 10.9 Å². The molecule has 0 aromatic carbocycles. The number of nitrogens with one attached hydrogen (secondary N) is 2. The lowest BCUT2D eigenvalue weighted by Crippen LogP contribution is -2.44. The summed E-state index contributed by atoms with van der Waals surface area (Å²) in [5, 5.41) is 16.6. The number of nitrogens with zero attached hydrogens (tertiary/aromatic N) is 1. The van der Waals surface area contributed by atoms with E-state index < -0.39 is 5.92 Å². The molecule has 0 rings (SSSR count). The zero-order valence-electron chi connectivity index (χ0n) is 10.4. The van der Waals surface area contributed by atoms with Gasteiger partial charge >= 0.3 is 0 Å². The maximum atomic E-state index is 11.7. The molecule has 0 aromatic heterocycles. The molecule has 0 spiro atoms. The average Bonchev–Trinajstić information content (AvgIpc) is 2.23. The monoisotopic (exact) mass is 244 g/mol. The number of amidine groups is 1. The van der Waals surface area contributed by atoms with Gasteiger partial charge in [0.15, 0.2) is 5.84 Å². The number of hydrogen-bond acceptors (Lipinski definition) is 4. The van der Waals surface area contributed by atoms with Crippen molar-refractivity contribution in [3.8, 4) is 0 Å². The van der Waals surface area contributed by atoms with Crippen molar-refractivity contribution in [1.82, 2.24) is 10.6 Å². The molecule has 0 heterocycles. The van der Waals surface area contributed by atoms with Gasteiger partial charge in [0.05, 0.1) is 0 Å². The van der Waals surface area contributed by atoms with Crippen LogP contribution < -0.4 is 16.4 Å². The Balaban J connectivity index is 4.21. The maximum Gasteiger partial charge on any atom is 0.231 e. The second-order valence-electron chi connectivity index (χ2n) is 4.02. The summed E-state index contributed by atoms with van der Waals surface area (Å²) in [7, 11) is 0. The van der Waals surface area contributed by atoms with Crippen molar-refractivity contribution in [2.45, 2.75) is 20.8 Å². The first kappa shape index (κ1) is 15.2. The van der Waals surface area contributed by atoms with Gasteiger partial charge in [0, 0.05) is 20.0 Å². The Kier molecular flexibility index (Phi) is 6.69. The van der Waals surface area contributed by atoms with E-state index in [1.54, 1.807) is 13.8 Å². The van der Waals surface area contributed by atoms with Gasteiger partial charge in [0.2, 0.25) is 11.8 Å². The maximum absolute atomic E-state index is 11.7. The number of carbonyl (C=O) groups excluding carboxylic acids is 2. The van der Waals surface area contributed by atoms with E-state index in [-0.39, 0.29) is 23.6 Å². The molecule has 0 fully saturated rings. The topological polar surface area (TPSA) is 117 Å². The summed E-state index contributed by atoms with van der Waals surface area (Å²) in [6.07, 6.45) is 0. The van der Waals surface area contributed by atoms with Crippen LogP contribution in [0.1, 0.15) is 20.8 Å². The van der Waals surface area contributed by atoms with E-state index in [0.717, 1.165) is 0 Å². The van der Waals surface area contributed by atoms with Crippen molar-refractivity contribution >= 4 is 17.6 Å². The van der Waals surface area contributed by atoms with Gasteiger partial charge in [0.25, 0.3) is 0 Å². The molecule has 0 saturated heterocycles. The molecule has 0 radical (unpaired) electrons. The van der Waals surface area contributed by atoms with Crippen LogP contribution in [0.3, 0.4) is 0 Å². The lowest BCUT2D eigenvalue weighted by molar-refractivity contribution is -0.124. The van der Waals surface area contributed by atoms with Crippen molar-refractivity contribution < 1.29 is 14.8 Å². The summed E-state index contributed by atoms with van der Waals surface area (Å²) >= 11 is 0. The highest BCUT2D eigenvalue weighted by Gasteiger charge is 2.26. The molecule has 0 aliphatic carbocycles. The zero-order valence-corrected chi connectivity index (χ0v) is 10.4. The molecule has 0 aromatic rings. The SMILES string of the molecule is CC(=O)NCCNC(=O)C(/C(N)=N/O)C(C)C. The van der Waals surface area contributed by atoms with E-state index in [2.05, 4.69) is 15.8 Å². The van der Waals surface area contributed by atoms with Crippen LogP contribution in [0.15, 0.2) is 5.16 Å². The number of amides is 2. The molecule has 0 aliphatic rings. The van der Waals surface area contributed by atoms with Gasteiger partial charge in [-0.25, -0.2) is 0 Å². The first-order chi connectivity index (χ1) is 7.90. The van der Waals surface area contributed by atoms with Crippen molar-refractivity contribution in [1.29, 1.82) is 0 Å². The molecule has 98 valence electrons. The minimum atomic E-state index is -0.669. The van der Waals surface area contributed by atoms with Crippen molar-refractivity contribution in [3.05, 3.63) is 0 Å². The highest BCUT2D eigenvalue weighted by atomic mass is 16.4. The summed E-state index contributed by atoms with van der Waals surface area (Å²) < 4.78 is 0. The lowest BCUT2D eigenvalue weighted by atomic mass is 9.94. The Hall–Kier alpha value is -1.79. The third-order valence-electron chi connectivity index (χ3n) is 2.18. The molecule has 0 aliphatic heterocycles. The normalized spacial score (nSPS) is 13.3. The predicted octanol–water partition coefficient (Wildman–Crippen LogP) is -0.743. The van der Waals surface area contributed by atoms with Gasteiger partial charge in [-0.3, -0.25) is 9.59 Å². The minimum absolute atomic E-state index is 0.0772. The smallest absolute Gasteiger partial charge is 0.231 e. The van der Waals surface area contributed by atoms with Gasteiger partial charge in [-0.2, -0.15) is 0 Å². The number of nitrogens with two attached hydrogens (primary N) is 1. The first-order valence-electron chi connectivity index (χ1n) is 5.39. The Morgan fingerprint density at radius 3 is 2.24 bits per heavy atom. The van der Waals surface area contributed by atoms with Crippen LogP contribution in [0.5, 0.6) is 0 Å². The fraction of sp³-hybridized carbons (Fsp3) is 0.700. The van der Waals surface area contributed by atoms with Crippen molar-refractivity contribution in [3.63, 3.8) is 0 Å². The van der Waals surface area contributed by atoms with Gasteiger partial charge in [-0.1, -0.05) is 19.0 Å². The molecule has 1 unspecified atom stereocenters. The number of hydrogen-bond donors (Lipinski definition) is 4. The van der Waals surface area contributed by atoms with Gasteiger partial charge in [-0.05, 0) is 5.92 Å². The predicted molar refractivity (Wildman–Crippen MR) is 63.4 cm³/mol. The van der Waals surface area contributed by atoms with Crippen LogP contribution in [-0.4, -0.2) is 35.9 Å². The van der Waals surface area contributed by atoms with Crippen molar-refractivity contribution in [2.24, 2.45) is 22.7 Å². The molecular formula is C10H20N4O3. The largest absolute Gasteiger partial charge is 0.409 e. The summed E-state index contributed by atoms with van der Waals surface area (Å²) in [5.74, 6) is -1.34. The second kappa shape index (κ2) is 7.48. The molecule has 7 nitrogen and oxygen atoms in total. The first-order valence-corrected chi connectivity index (χ1v) is 5.39. The molecule has 0 bridgehead atoms. The van der Waals surface area contributed by atoms with Gasteiger partial charge < -0.3 is 21.6 Å². The molecule has 5 N–H and O–H groups in total. The van der Waals surface area contributed by atoms with E-state index in [0.29, 0.717) is 13.1 Å². The highest BCUT2D eigenvalue weighted by molar-refractivity contribution is 6.02. The van der Waals surface area contributed by atoms with Gasteiger partial charge in [-0.15, -0.1) is 0 Å². The van der Waals surface area contributed by atoms with Crippen LogP contribution in [0.4, 0.5) is 0 Å². The molecule has 0 saturated carbocycles. The van der Waals surface area contributed by atoms with Crippen LogP contribution in [0.25, 0.3) is 0 Å². The Morgan fingerprint density at radius 1 is 1.29 bits per heavy atom. The van der Waals surface area contributed by atoms with Crippen LogP contribution in [-0.2, 0) is 9.59 Å². The number of rotatable bonds is 6. The highest BCUT2D eigenvalue weighted by Crippen LogP contribution is 2.10. The van der Waals surface area contributed by atoms with E-state index in [1.807, 2.05) is 0 Å². The van der Waals surface area contributed by atoms with E-state index in [1.165, 1.54) is 6.92 Å². The van der Waals surface area contributed by atoms with Crippen LogP contribution in [0, 0.1) is 11.8 Å². The molecule has 17 heavy (non-hydrogen) atoms. The molecular weight excluding hydrogens is 224 g/mol. The number of oxime groups is 1. The zero-order chi connectivity index (χ0) is 13.4. The number of carbonyl (C=O) groups is 2. The fourth-order valence-corrected chi connectivity index (χ4v) is 1.37. The second-order valence-corrected chi connectivity index (χ2v) is 4.02. The standard InChI is InChI=1S/C10H20N4O3/c1-6(2)8(9(11)14-17)10(16)13-5-4-12-7(3)15/h6,8,17H,4-5H2,1-3H3,(H2,11,14)(H,12,15)(H,13,16). The Labute approximate surface area is 100 Å². The van der Waals surface area contributed by atoms with Crippen LogP contribution in [0.2, 0.25) is 0 Å². The summed E-state index contributed by atoms with van der Waals surface area (Å²) in [5.41, 5.74) is 5.44. The molecule has 1 atom stereocenters. The average molecular weight is 244 g/mol. The summed E-state index contributed by atoms with van der Waals surface area (Å²) in [6, 6.07) is 0. The molecule has 2 amide bonds. The van der Waals surface area contributed by atoms with Crippen LogP contribution >= 0.6 is 0 Å². The Bertz CT molecular complexity index is 302.